The fraction of sp³-hybridized carbons (Fsp3) is 0.0500. The van der Waals surface area contributed by atoms with E-state index < -0.39 is 5.97 Å². The van der Waals surface area contributed by atoms with Crippen LogP contribution in [0.1, 0.15) is 15.9 Å². The summed E-state index contributed by atoms with van der Waals surface area (Å²) in [6, 6.07) is 20.7. The molecule has 0 aromatic heterocycles. The van der Waals surface area contributed by atoms with Gasteiger partial charge < -0.3 is 10.4 Å². The fourth-order valence-corrected chi connectivity index (χ4v) is 3.01. The van der Waals surface area contributed by atoms with E-state index in [0.29, 0.717) is 16.3 Å². The van der Waals surface area contributed by atoms with Crippen molar-refractivity contribution in [2.75, 3.05) is 5.32 Å². The molecule has 0 spiro atoms. The molecule has 120 valence electrons. The zero-order valence-electron chi connectivity index (χ0n) is 13.1. The van der Waals surface area contributed by atoms with E-state index in [-0.39, 0.29) is 5.56 Å². The van der Waals surface area contributed by atoms with E-state index in [1.54, 1.807) is 19.1 Å². The van der Waals surface area contributed by atoms with Crippen LogP contribution in [-0.2, 0) is 0 Å². The van der Waals surface area contributed by atoms with Crippen LogP contribution in [0.2, 0.25) is 5.02 Å². The number of carbonyl (C=O) groups is 1. The van der Waals surface area contributed by atoms with E-state index in [1.165, 1.54) is 0 Å². The molecule has 0 bridgehead atoms. The van der Waals surface area contributed by atoms with Gasteiger partial charge in [0, 0.05) is 11.3 Å². The second kappa shape index (κ2) is 6.77. The zero-order chi connectivity index (χ0) is 17.1. The lowest BCUT2D eigenvalue weighted by Crippen LogP contribution is -2.05. The van der Waals surface area contributed by atoms with Crippen LogP contribution in [0.3, 0.4) is 0 Å². The van der Waals surface area contributed by atoms with Crippen molar-refractivity contribution in [2.45, 2.75) is 6.92 Å². The summed E-state index contributed by atoms with van der Waals surface area (Å²) in [5.74, 6) is -0.959. The van der Waals surface area contributed by atoms with E-state index >= 15 is 0 Å². The maximum Gasteiger partial charge on any atom is 0.338 e. The monoisotopic (exact) mass is 337 g/mol. The molecular formula is C20H16ClNO2. The summed E-state index contributed by atoms with van der Waals surface area (Å²) in [5, 5.41) is 13.3. The van der Waals surface area contributed by atoms with Crippen LogP contribution in [0.4, 0.5) is 11.4 Å². The number of hydrogen-bond acceptors (Lipinski definition) is 2. The predicted molar refractivity (Wildman–Crippen MR) is 98.3 cm³/mol. The lowest BCUT2D eigenvalue weighted by molar-refractivity contribution is 0.0697. The number of aromatic carboxylic acids is 1. The van der Waals surface area contributed by atoms with Crippen LogP contribution >= 0.6 is 11.6 Å². The van der Waals surface area contributed by atoms with Gasteiger partial charge in [-0.05, 0) is 36.2 Å². The topological polar surface area (TPSA) is 49.3 Å². The Morgan fingerprint density at radius 1 is 0.917 bits per heavy atom. The number of nitrogens with one attached hydrogen (secondary N) is 1. The Bertz CT molecular complexity index is 891. The molecule has 0 unspecified atom stereocenters. The normalized spacial score (nSPS) is 10.4. The first-order valence-electron chi connectivity index (χ1n) is 7.52. The van der Waals surface area contributed by atoms with E-state index in [1.807, 2.05) is 54.6 Å². The van der Waals surface area contributed by atoms with Crippen LogP contribution in [0.25, 0.3) is 11.1 Å². The van der Waals surface area contributed by atoms with Crippen molar-refractivity contribution in [1.82, 2.24) is 0 Å². The van der Waals surface area contributed by atoms with Gasteiger partial charge in [0.05, 0.1) is 16.3 Å². The number of halogens is 1. The Kier molecular flexibility index (Phi) is 4.54. The highest BCUT2D eigenvalue weighted by atomic mass is 35.5. The van der Waals surface area contributed by atoms with Gasteiger partial charge >= 0.3 is 5.97 Å². The van der Waals surface area contributed by atoms with Crippen LogP contribution in [0.15, 0.2) is 66.7 Å². The maximum atomic E-state index is 11.6. The van der Waals surface area contributed by atoms with E-state index in [4.69, 9.17) is 11.6 Å². The third-order valence-electron chi connectivity index (χ3n) is 3.83. The minimum atomic E-state index is -0.959. The number of hydrogen-bond donors (Lipinski definition) is 2. The molecule has 0 atom stereocenters. The van der Waals surface area contributed by atoms with Crippen molar-refractivity contribution in [3.63, 3.8) is 0 Å². The van der Waals surface area contributed by atoms with Crippen molar-refractivity contribution in [1.29, 1.82) is 0 Å². The lowest BCUT2D eigenvalue weighted by atomic mass is 10.0. The molecule has 0 saturated carbocycles. The molecule has 0 heterocycles. The molecule has 2 N–H and O–H groups in total. The summed E-state index contributed by atoms with van der Waals surface area (Å²) in [6.45, 7) is 1.78. The van der Waals surface area contributed by atoms with Crippen molar-refractivity contribution in [3.05, 3.63) is 82.9 Å². The van der Waals surface area contributed by atoms with Gasteiger partial charge in [0.15, 0.2) is 0 Å². The fourth-order valence-electron chi connectivity index (χ4n) is 2.73. The number of benzene rings is 3. The minimum Gasteiger partial charge on any atom is -0.478 e. The minimum absolute atomic E-state index is 0.261. The lowest BCUT2D eigenvalue weighted by Gasteiger charge is -2.16. The zero-order valence-corrected chi connectivity index (χ0v) is 13.8. The third kappa shape index (κ3) is 3.12. The van der Waals surface area contributed by atoms with E-state index in [0.717, 1.165) is 16.8 Å². The quantitative estimate of drug-likeness (QED) is 0.636. The molecule has 3 aromatic rings. The van der Waals surface area contributed by atoms with Crippen molar-refractivity contribution in [3.8, 4) is 11.1 Å². The molecule has 3 aromatic carbocycles. The standard InChI is InChI=1S/C20H16ClNO2/c1-13-7-5-11-16(18(13)20(23)24)22-17-12-6-10-15(21)19(17)14-8-3-2-4-9-14/h2-12,22H,1H3,(H,23,24). The van der Waals surface area contributed by atoms with Gasteiger partial charge in [-0.1, -0.05) is 60.1 Å². The molecule has 3 rings (SSSR count). The largest absolute Gasteiger partial charge is 0.478 e. The van der Waals surface area contributed by atoms with Crippen LogP contribution < -0.4 is 5.32 Å². The molecule has 24 heavy (non-hydrogen) atoms. The number of aryl methyl sites for hydroxylation is 1. The van der Waals surface area contributed by atoms with E-state index in [9.17, 15) is 9.90 Å². The van der Waals surface area contributed by atoms with Crippen LogP contribution in [0, 0.1) is 6.92 Å². The average molecular weight is 338 g/mol. The second-order valence-electron chi connectivity index (χ2n) is 5.46. The van der Waals surface area contributed by atoms with Gasteiger partial charge in [-0.25, -0.2) is 4.79 Å². The molecule has 0 aliphatic rings. The Balaban J connectivity index is 2.12. The first-order chi connectivity index (χ1) is 11.6. The summed E-state index contributed by atoms with van der Waals surface area (Å²) in [4.78, 5) is 11.6. The summed E-state index contributed by atoms with van der Waals surface area (Å²) in [6.07, 6.45) is 0. The summed E-state index contributed by atoms with van der Waals surface area (Å²) in [5.41, 5.74) is 4.09. The number of carboxylic acids is 1. The van der Waals surface area contributed by atoms with Crippen LogP contribution in [0.5, 0.6) is 0 Å². The molecule has 0 fully saturated rings. The molecule has 0 radical (unpaired) electrons. The molecule has 4 heteroatoms. The Morgan fingerprint density at radius 3 is 2.29 bits per heavy atom. The highest BCUT2D eigenvalue weighted by Gasteiger charge is 2.15. The highest BCUT2D eigenvalue weighted by molar-refractivity contribution is 6.34. The summed E-state index contributed by atoms with van der Waals surface area (Å²) < 4.78 is 0. The first-order valence-corrected chi connectivity index (χ1v) is 7.89. The predicted octanol–water partition coefficient (Wildman–Crippen LogP) is 5.76. The molecule has 0 amide bonds. The van der Waals surface area contributed by atoms with Crippen molar-refractivity contribution in [2.24, 2.45) is 0 Å². The van der Waals surface area contributed by atoms with Gasteiger partial charge in [0.1, 0.15) is 0 Å². The van der Waals surface area contributed by atoms with Gasteiger partial charge in [-0.15, -0.1) is 0 Å². The van der Waals surface area contributed by atoms with Crippen LogP contribution in [-0.4, -0.2) is 11.1 Å². The third-order valence-corrected chi connectivity index (χ3v) is 4.15. The second-order valence-corrected chi connectivity index (χ2v) is 5.86. The molecule has 3 nitrogen and oxygen atoms in total. The molecule has 0 aliphatic carbocycles. The summed E-state index contributed by atoms with van der Waals surface area (Å²) >= 11 is 6.41. The number of rotatable bonds is 4. The average Bonchev–Trinajstić information content (AvgIpc) is 2.55. The summed E-state index contributed by atoms with van der Waals surface area (Å²) in [7, 11) is 0. The first kappa shape index (κ1) is 16.1. The Labute approximate surface area is 145 Å². The van der Waals surface area contributed by atoms with Gasteiger partial charge in [0.25, 0.3) is 0 Å². The van der Waals surface area contributed by atoms with E-state index in [2.05, 4.69) is 5.32 Å². The van der Waals surface area contributed by atoms with Gasteiger partial charge in [0.2, 0.25) is 0 Å². The Hall–Kier alpha value is -2.78. The Morgan fingerprint density at radius 2 is 1.58 bits per heavy atom. The van der Waals surface area contributed by atoms with Crippen molar-refractivity contribution < 1.29 is 9.90 Å². The SMILES string of the molecule is Cc1cccc(Nc2cccc(Cl)c2-c2ccccc2)c1C(=O)O. The van der Waals surface area contributed by atoms with Gasteiger partial charge in [-0.2, -0.15) is 0 Å². The van der Waals surface area contributed by atoms with Crippen molar-refractivity contribution >= 4 is 28.9 Å². The molecular weight excluding hydrogens is 322 g/mol. The smallest absolute Gasteiger partial charge is 0.338 e. The van der Waals surface area contributed by atoms with Gasteiger partial charge in [-0.3, -0.25) is 0 Å². The highest BCUT2D eigenvalue weighted by Crippen LogP contribution is 2.37. The number of carboxylic acid groups (broad SMARTS) is 1. The number of anilines is 2. The molecule has 0 aliphatic heterocycles. The maximum absolute atomic E-state index is 11.6. The molecule has 0 saturated heterocycles.